The summed E-state index contributed by atoms with van der Waals surface area (Å²) in [6, 6.07) is 15.8. The highest BCUT2D eigenvalue weighted by atomic mass is 16.6. The highest BCUT2D eigenvalue weighted by molar-refractivity contribution is 5.96. The number of hydrogen-bond donors (Lipinski definition) is 2. The Hall–Kier alpha value is -4.88. The Bertz CT molecular complexity index is 1770. The fraction of sp³-hybridized carbons (Fsp3) is 0.500. The van der Waals surface area contributed by atoms with Gasteiger partial charge in [-0.1, -0.05) is 56.3 Å². The number of allylic oxidation sites excluding steroid dienone is 1. The summed E-state index contributed by atoms with van der Waals surface area (Å²) in [7, 11) is 0. The number of carbonyl (C=O) groups excluding carboxylic acids is 6. The average molecular weight is 735 g/mol. The van der Waals surface area contributed by atoms with Gasteiger partial charge in [0, 0.05) is 38.5 Å². The summed E-state index contributed by atoms with van der Waals surface area (Å²) in [6.45, 7) is 11.4. The van der Waals surface area contributed by atoms with Gasteiger partial charge in [0.1, 0.15) is 18.8 Å². The molecule has 0 aliphatic heterocycles. The van der Waals surface area contributed by atoms with Crippen molar-refractivity contribution in [2.75, 3.05) is 6.61 Å². The van der Waals surface area contributed by atoms with Crippen molar-refractivity contribution in [1.82, 2.24) is 0 Å². The van der Waals surface area contributed by atoms with Gasteiger partial charge in [-0.15, -0.1) is 6.58 Å². The summed E-state index contributed by atoms with van der Waals surface area (Å²) in [5.41, 5.74) is -7.40. The molecule has 3 fully saturated rings. The maximum atomic E-state index is 14.7. The summed E-state index contributed by atoms with van der Waals surface area (Å²) >= 11 is 0. The minimum Gasteiger partial charge on any atom is -0.465 e. The van der Waals surface area contributed by atoms with E-state index in [0.29, 0.717) is 0 Å². The SMILES string of the molecule is C=C[C@@]1(C)C[C@@H](OC(=O)c2ccccc2)C2[C@]3(COC(C)=O)C(C[C@@H](O)[C@@]2(O)C1=O)C(C)(C)[C@H](OC(C)=O)[C@H](OC(C)=O)[C@@H]3OC(=O)c1ccccc1. The van der Waals surface area contributed by atoms with Crippen LogP contribution in [0.1, 0.15) is 75.1 Å². The van der Waals surface area contributed by atoms with E-state index in [2.05, 4.69) is 6.58 Å². The van der Waals surface area contributed by atoms with E-state index in [-0.39, 0.29) is 24.0 Å². The van der Waals surface area contributed by atoms with E-state index in [0.717, 1.165) is 20.8 Å². The summed E-state index contributed by atoms with van der Waals surface area (Å²) in [6.07, 6.45) is -7.33. The highest BCUT2D eigenvalue weighted by Crippen LogP contribution is 2.67. The molecular weight excluding hydrogens is 688 g/mol. The third-order valence-corrected chi connectivity index (χ3v) is 11.4. The number of ether oxygens (including phenoxy) is 5. The molecule has 10 atom stereocenters. The van der Waals surface area contributed by atoms with Crippen molar-refractivity contribution in [3.05, 3.63) is 84.4 Å². The molecule has 13 nitrogen and oxygen atoms in total. The molecule has 3 saturated carbocycles. The van der Waals surface area contributed by atoms with Crippen molar-refractivity contribution >= 4 is 35.6 Å². The van der Waals surface area contributed by atoms with Gasteiger partial charge in [0.15, 0.2) is 23.6 Å². The molecule has 0 aromatic heterocycles. The zero-order valence-corrected chi connectivity index (χ0v) is 30.6. The van der Waals surface area contributed by atoms with E-state index >= 15 is 0 Å². The number of fused-ring (bicyclic) bond motifs is 3. The van der Waals surface area contributed by atoms with Gasteiger partial charge in [-0.05, 0) is 43.5 Å². The Morgan fingerprint density at radius 2 is 1.32 bits per heavy atom. The predicted octanol–water partition coefficient (Wildman–Crippen LogP) is 3.78. The van der Waals surface area contributed by atoms with Crippen molar-refractivity contribution in [3.63, 3.8) is 0 Å². The van der Waals surface area contributed by atoms with E-state index in [1.807, 2.05) is 0 Å². The first-order chi connectivity index (χ1) is 24.8. The summed E-state index contributed by atoms with van der Waals surface area (Å²) in [5, 5.41) is 25.0. The zero-order chi connectivity index (χ0) is 39.1. The number of esters is 5. The molecule has 0 amide bonds. The third kappa shape index (κ3) is 6.76. The van der Waals surface area contributed by atoms with Gasteiger partial charge < -0.3 is 33.9 Å². The fourth-order valence-electron chi connectivity index (χ4n) is 9.13. The van der Waals surface area contributed by atoms with Crippen molar-refractivity contribution in [3.8, 4) is 0 Å². The second-order valence-electron chi connectivity index (χ2n) is 15.1. The minimum absolute atomic E-state index is 0.0687. The van der Waals surface area contributed by atoms with Crippen LogP contribution in [0.25, 0.3) is 0 Å². The van der Waals surface area contributed by atoms with Gasteiger partial charge in [0.2, 0.25) is 0 Å². The molecule has 2 aromatic carbocycles. The van der Waals surface area contributed by atoms with Gasteiger partial charge in [-0.25, -0.2) is 9.59 Å². The second kappa shape index (κ2) is 14.5. The monoisotopic (exact) mass is 734 g/mol. The molecule has 53 heavy (non-hydrogen) atoms. The summed E-state index contributed by atoms with van der Waals surface area (Å²) in [4.78, 5) is 81.0. The molecule has 0 radical (unpaired) electrons. The lowest BCUT2D eigenvalue weighted by Crippen LogP contribution is -2.82. The van der Waals surface area contributed by atoms with Crippen LogP contribution < -0.4 is 0 Å². The van der Waals surface area contributed by atoms with Crippen molar-refractivity contribution < 1.29 is 62.7 Å². The lowest BCUT2D eigenvalue weighted by molar-refractivity contribution is -0.325. The Balaban J connectivity index is 1.87. The second-order valence-corrected chi connectivity index (χ2v) is 15.1. The fourth-order valence-corrected chi connectivity index (χ4v) is 9.13. The number of ketones is 1. The molecular formula is C40H46O13. The van der Waals surface area contributed by atoms with Gasteiger partial charge >= 0.3 is 29.8 Å². The van der Waals surface area contributed by atoms with Crippen molar-refractivity contribution in [2.24, 2.45) is 28.1 Å². The van der Waals surface area contributed by atoms with Crippen LogP contribution in [0.2, 0.25) is 0 Å². The number of hydrogen-bond acceptors (Lipinski definition) is 13. The molecule has 2 unspecified atom stereocenters. The molecule has 0 spiro atoms. The Morgan fingerprint density at radius 1 is 0.792 bits per heavy atom. The molecule has 2 N–H and O–H groups in total. The lowest BCUT2D eigenvalue weighted by Gasteiger charge is -2.69. The van der Waals surface area contributed by atoms with Crippen LogP contribution in [0.3, 0.4) is 0 Å². The van der Waals surface area contributed by atoms with Crippen LogP contribution in [-0.4, -0.2) is 88.6 Å². The number of aliphatic hydroxyl groups excluding tert-OH is 1. The number of Topliss-reactive ketones (excluding diaryl/α,β-unsaturated/α-hetero) is 1. The maximum Gasteiger partial charge on any atom is 0.338 e. The van der Waals surface area contributed by atoms with Gasteiger partial charge in [0.05, 0.1) is 28.1 Å². The molecule has 0 bridgehead atoms. The van der Waals surface area contributed by atoms with Crippen LogP contribution in [0.4, 0.5) is 0 Å². The molecule has 3 aliphatic rings. The van der Waals surface area contributed by atoms with E-state index in [4.69, 9.17) is 23.7 Å². The minimum atomic E-state index is -2.75. The van der Waals surface area contributed by atoms with Gasteiger partial charge in [-0.3, -0.25) is 19.2 Å². The first-order valence-electron chi connectivity index (χ1n) is 17.4. The van der Waals surface area contributed by atoms with E-state index in [1.165, 1.54) is 37.3 Å². The Morgan fingerprint density at radius 3 is 1.81 bits per heavy atom. The van der Waals surface area contributed by atoms with Crippen LogP contribution in [0, 0.1) is 28.1 Å². The molecule has 3 aliphatic carbocycles. The highest BCUT2D eigenvalue weighted by Gasteiger charge is 2.80. The van der Waals surface area contributed by atoms with Crippen LogP contribution in [0.15, 0.2) is 73.3 Å². The first-order valence-corrected chi connectivity index (χ1v) is 17.4. The molecule has 0 saturated heterocycles. The van der Waals surface area contributed by atoms with Gasteiger partial charge in [0.25, 0.3) is 0 Å². The molecule has 0 heterocycles. The van der Waals surface area contributed by atoms with Crippen LogP contribution >= 0.6 is 0 Å². The smallest absolute Gasteiger partial charge is 0.338 e. The Kier molecular flexibility index (Phi) is 10.8. The topological polar surface area (TPSA) is 189 Å². The maximum absolute atomic E-state index is 14.7. The third-order valence-electron chi connectivity index (χ3n) is 11.4. The standard InChI is InChI=1S/C40H46O13/c1-8-38(7)20-27(52-34(45)25-15-11-9-12-16-25)31-39(21-49-22(2)41)28(19-29(44)40(31,48)36(38)47)37(5,6)32(51-24(4)43)30(50-23(3)42)33(39)53-35(46)26-17-13-10-14-18-26/h8-18,27-33,44,48H,1,19-21H2,2-7H3/t27-,28?,29-,30+,31?,32-,33+,38+,39+,40+/m1/s1. The molecule has 13 heteroatoms. The number of aliphatic hydroxyl groups is 2. The quantitative estimate of drug-likeness (QED) is 0.215. The van der Waals surface area contributed by atoms with E-state index in [1.54, 1.807) is 50.2 Å². The molecule has 5 rings (SSSR count). The normalized spacial score (nSPS) is 34.3. The van der Waals surface area contributed by atoms with Crippen molar-refractivity contribution in [1.29, 1.82) is 0 Å². The van der Waals surface area contributed by atoms with Crippen molar-refractivity contribution in [2.45, 2.75) is 90.5 Å². The summed E-state index contributed by atoms with van der Waals surface area (Å²) in [5.74, 6) is -7.76. The Labute approximate surface area is 307 Å². The summed E-state index contributed by atoms with van der Waals surface area (Å²) < 4.78 is 30.0. The van der Waals surface area contributed by atoms with E-state index < -0.39 is 106 Å². The molecule has 284 valence electrons. The largest absolute Gasteiger partial charge is 0.465 e. The lowest BCUT2D eigenvalue weighted by atomic mass is 9.38. The number of rotatable bonds is 9. The zero-order valence-electron chi connectivity index (χ0n) is 30.6. The first kappa shape index (κ1) is 39.3. The predicted molar refractivity (Wildman–Crippen MR) is 186 cm³/mol. The van der Waals surface area contributed by atoms with Gasteiger partial charge in [-0.2, -0.15) is 0 Å². The van der Waals surface area contributed by atoms with Crippen LogP contribution in [-0.2, 0) is 42.9 Å². The number of benzene rings is 2. The molecule has 2 aromatic rings. The van der Waals surface area contributed by atoms with Crippen LogP contribution in [0.5, 0.6) is 0 Å². The van der Waals surface area contributed by atoms with E-state index in [9.17, 15) is 39.0 Å². The number of carbonyl (C=O) groups is 6. The average Bonchev–Trinajstić information content (AvgIpc) is 3.11.